The zero-order valence-electron chi connectivity index (χ0n) is 12.6. The van der Waals surface area contributed by atoms with Gasteiger partial charge in [-0.2, -0.15) is 0 Å². The Kier molecular flexibility index (Phi) is 4.57. The van der Waals surface area contributed by atoms with Crippen LogP contribution in [0.25, 0.3) is 10.8 Å². The number of ether oxygens (including phenoxy) is 1. The van der Waals surface area contributed by atoms with Gasteiger partial charge in [0.25, 0.3) is 0 Å². The number of pyridine rings is 1. The Morgan fingerprint density at radius 2 is 1.87 bits per heavy atom. The standard InChI is InChI=1S/C18H15BrN2O2/c1-21(18(22)23-12-13-6-3-2-4-7-13)17-15-8-5-9-16(19)14(15)10-11-20-17/h2-11H,12H2,1H3. The first kappa shape index (κ1) is 15.5. The van der Waals surface area contributed by atoms with E-state index in [1.165, 1.54) is 4.90 Å². The van der Waals surface area contributed by atoms with Crippen molar-refractivity contribution in [3.63, 3.8) is 0 Å². The number of carbonyl (C=O) groups excluding carboxylic acids is 1. The number of carbonyl (C=O) groups is 1. The lowest BCUT2D eigenvalue weighted by Crippen LogP contribution is -2.28. The Hall–Kier alpha value is -2.40. The molecule has 0 radical (unpaired) electrons. The number of benzene rings is 2. The molecule has 0 aliphatic heterocycles. The minimum absolute atomic E-state index is 0.235. The quantitative estimate of drug-likeness (QED) is 0.666. The Labute approximate surface area is 142 Å². The number of rotatable bonds is 3. The van der Waals surface area contributed by atoms with Crippen molar-refractivity contribution >= 4 is 38.6 Å². The molecule has 0 N–H and O–H groups in total. The van der Waals surface area contributed by atoms with Crippen molar-refractivity contribution in [1.29, 1.82) is 0 Å². The highest BCUT2D eigenvalue weighted by Gasteiger charge is 2.17. The van der Waals surface area contributed by atoms with Crippen LogP contribution in [0.4, 0.5) is 10.6 Å². The molecular formula is C18H15BrN2O2. The van der Waals surface area contributed by atoms with Crippen LogP contribution in [0.1, 0.15) is 5.56 Å². The van der Waals surface area contributed by atoms with Crippen LogP contribution >= 0.6 is 15.9 Å². The lowest BCUT2D eigenvalue weighted by molar-refractivity contribution is 0.148. The molecule has 0 bridgehead atoms. The van der Waals surface area contributed by atoms with E-state index in [-0.39, 0.29) is 6.61 Å². The normalized spacial score (nSPS) is 10.5. The van der Waals surface area contributed by atoms with Gasteiger partial charge in [0.05, 0.1) is 0 Å². The van der Waals surface area contributed by atoms with Gasteiger partial charge in [-0.15, -0.1) is 0 Å². The van der Waals surface area contributed by atoms with Gasteiger partial charge in [0.1, 0.15) is 12.4 Å². The maximum atomic E-state index is 12.3. The number of fused-ring (bicyclic) bond motifs is 1. The molecular weight excluding hydrogens is 356 g/mol. The molecule has 3 aromatic rings. The van der Waals surface area contributed by atoms with Crippen LogP contribution in [0, 0.1) is 0 Å². The molecule has 0 aliphatic rings. The summed E-state index contributed by atoms with van der Waals surface area (Å²) in [5.74, 6) is 0.571. The minimum atomic E-state index is -0.436. The monoisotopic (exact) mass is 370 g/mol. The van der Waals surface area contributed by atoms with Crippen LogP contribution in [0.15, 0.2) is 65.3 Å². The first-order valence-corrected chi connectivity index (χ1v) is 7.94. The van der Waals surface area contributed by atoms with Crippen LogP contribution in [-0.2, 0) is 11.3 Å². The number of hydrogen-bond donors (Lipinski definition) is 0. The Morgan fingerprint density at radius 3 is 2.65 bits per heavy atom. The van der Waals surface area contributed by atoms with Crippen molar-refractivity contribution in [2.24, 2.45) is 0 Å². The predicted molar refractivity (Wildman–Crippen MR) is 94.5 cm³/mol. The summed E-state index contributed by atoms with van der Waals surface area (Å²) in [6.45, 7) is 0.235. The molecule has 1 amide bonds. The van der Waals surface area contributed by atoms with Gasteiger partial charge in [-0.05, 0) is 17.7 Å². The van der Waals surface area contributed by atoms with Crippen LogP contribution in [0.5, 0.6) is 0 Å². The molecule has 23 heavy (non-hydrogen) atoms. The van der Waals surface area contributed by atoms with E-state index in [2.05, 4.69) is 20.9 Å². The third-order valence-corrected chi connectivity index (χ3v) is 4.22. The van der Waals surface area contributed by atoms with Crippen LogP contribution in [0.2, 0.25) is 0 Å². The highest BCUT2D eigenvalue weighted by Crippen LogP contribution is 2.29. The second kappa shape index (κ2) is 6.79. The molecule has 0 spiro atoms. The van der Waals surface area contributed by atoms with E-state index < -0.39 is 6.09 Å². The molecule has 3 rings (SSSR count). The molecule has 0 saturated carbocycles. The summed E-state index contributed by atoms with van der Waals surface area (Å²) in [6, 6.07) is 17.3. The molecule has 0 fully saturated rings. The summed E-state index contributed by atoms with van der Waals surface area (Å²) in [5, 5.41) is 1.89. The molecule has 0 atom stereocenters. The fourth-order valence-electron chi connectivity index (χ4n) is 2.32. The van der Waals surface area contributed by atoms with Crippen molar-refractivity contribution in [2.75, 3.05) is 11.9 Å². The van der Waals surface area contributed by atoms with E-state index in [1.807, 2.05) is 54.6 Å². The van der Waals surface area contributed by atoms with Crippen molar-refractivity contribution in [3.05, 3.63) is 70.8 Å². The summed E-state index contributed by atoms with van der Waals surface area (Å²) < 4.78 is 6.32. The summed E-state index contributed by atoms with van der Waals surface area (Å²) in [7, 11) is 1.66. The lowest BCUT2D eigenvalue weighted by atomic mass is 10.1. The Balaban J connectivity index is 1.81. The second-order valence-corrected chi connectivity index (χ2v) is 5.92. The minimum Gasteiger partial charge on any atom is -0.444 e. The van der Waals surface area contributed by atoms with E-state index in [9.17, 15) is 4.79 Å². The highest BCUT2D eigenvalue weighted by molar-refractivity contribution is 9.10. The van der Waals surface area contributed by atoms with Gasteiger partial charge in [-0.3, -0.25) is 4.90 Å². The van der Waals surface area contributed by atoms with Crippen LogP contribution in [-0.4, -0.2) is 18.1 Å². The lowest BCUT2D eigenvalue weighted by Gasteiger charge is -2.18. The van der Waals surface area contributed by atoms with E-state index in [1.54, 1.807) is 13.2 Å². The maximum Gasteiger partial charge on any atom is 0.415 e. The molecule has 4 nitrogen and oxygen atoms in total. The predicted octanol–water partition coefficient (Wildman–Crippen LogP) is 4.77. The summed E-state index contributed by atoms with van der Waals surface area (Å²) >= 11 is 3.52. The number of aromatic nitrogens is 1. The number of nitrogens with zero attached hydrogens (tertiary/aromatic N) is 2. The third-order valence-electron chi connectivity index (χ3n) is 3.53. The van der Waals surface area contributed by atoms with Gasteiger partial charge in [0.15, 0.2) is 0 Å². The topological polar surface area (TPSA) is 42.4 Å². The molecule has 1 heterocycles. The SMILES string of the molecule is CN(C(=O)OCc1ccccc1)c1nccc2c(Br)cccc12. The first-order valence-electron chi connectivity index (χ1n) is 7.14. The first-order chi connectivity index (χ1) is 11.2. The fourth-order valence-corrected chi connectivity index (χ4v) is 2.82. The molecule has 0 unspecified atom stereocenters. The Morgan fingerprint density at radius 1 is 1.09 bits per heavy atom. The van der Waals surface area contributed by atoms with Gasteiger partial charge < -0.3 is 4.74 Å². The zero-order chi connectivity index (χ0) is 16.2. The fraction of sp³-hybridized carbons (Fsp3) is 0.111. The molecule has 116 valence electrons. The zero-order valence-corrected chi connectivity index (χ0v) is 14.2. The molecule has 0 saturated heterocycles. The van der Waals surface area contributed by atoms with Crippen molar-refractivity contribution in [3.8, 4) is 0 Å². The maximum absolute atomic E-state index is 12.3. The van der Waals surface area contributed by atoms with Gasteiger partial charge in [0.2, 0.25) is 0 Å². The smallest absolute Gasteiger partial charge is 0.415 e. The molecule has 0 aliphatic carbocycles. The van der Waals surface area contributed by atoms with Crippen molar-refractivity contribution in [1.82, 2.24) is 4.98 Å². The van der Waals surface area contributed by atoms with Crippen LogP contribution < -0.4 is 4.90 Å². The third kappa shape index (κ3) is 3.35. The average molecular weight is 371 g/mol. The number of halogens is 1. The average Bonchev–Trinajstić information content (AvgIpc) is 2.60. The number of amides is 1. The molecule has 1 aromatic heterocycles. The van der Waals surface area contributed by atoms with E-state index in [4.69, 9.17) is 4.74 Å². The van der Waals surface area contributed by atoms with Crippen LogP contribution in [0.3, 0.4) is 0 Å². The van der Waals surface area contributed by atoms with Gasteiger partial charge in [-0.25, -0.2) is 9.78 Å². The largest absolute Gasteiger partial charge is 0.444 e. The van der Waals surface area contributed by atoms with Crippen molar-refractivity contribution in [2.45, 2.75) is 6.61 Å². The van der Waals surface area contributed by atoms with E-state index >= 15 is 0 Å². The summed E-state index contributed by atoms with van der Waals surface area (Å²) in [5.41, 5.74) is 0.947. The van der Waals surface area contributed by atoms with Gasteiger partial charge in [0, 0.05) is 28.5 Å². The Bertz CT molecular complexity index is 837. The van der Waals surface area contributed by atoms with E-state index in [0.29, 0.717) is 5.82 Å². The van der Waals surface area contributed by atoms with Crippen molar-refractivity contribution < 1.29 is 9.53 Å². The molecule has 5 heteroatoms. The summed E-state index contributed by atoms with van der Waals surface area (Å²) in [4.78, 5) is 18.1. The van der Waals surface area contributed by atoms with Gasteiger partial charge in [-0.1, -0.05) is 58.4 Å². The number of anilines is 1. The number of hydrogen-bond acceptors (Lipinski definition) is 3. The van der Waals surface area contributed by atoms with E-state index in [0.717, 1.165) is 20.8 Å². The summed E-state index contributed by atoms with van der Waals surface area (Å²) in [6.07, 6.45) is 1.25. The second-order valence-electron chi connectivity index (χ2n) is 5.07. The van der Waals surface area contributed by atoms with Gasteiger partial charge >= 0.3 is 6.09 Å². The highest BCUT2D eigenvalue weighted by atomic mass is 79.9. The molecule has 2 aromatic carbocycles.